The molecule has 2 aromatic carbocycles. The predicted molar refractivity (Wildman–Crippen MR) is 152 cm³/mol. The van der Waals surface area contributed by atoms with Crippen LogP contribution in [0.3, 0.4) is 0 Å². The van der Waals surface area contributed by atoms with Crippen molar-refractivity contribution in [1.82, 2.24) is 14.8 Å². The first-order chi connectivity index (χ1) is 19.0. The zero-order chi connectivity index (χ0) is 27.1. The summed E-state index contributed by atoms with van der Waals surface area (Å²) >= 11 is 0. The van der Waals surface area contributed by atoms with Gasteiger partial charge in [0, 0.05) is 54.8 Å². The van der Waals surface area contributed by atoms with Gasteiger partial charge >= 0.3 is 0 Å². The molecule has 0 radical (unpaired) electrons. The molecule has 3 aliphatic rings. The zero-order valence-electron chi connectivity index (χ0n) is 23.2. The van der Waals surface area contributed by atoms with Gasteiger partial charge in [-0.3, -0.25) is 14.8 Å². The van der Waals surface area contributed by atoms with Crippen molar-refractivity contribution in [1.29, 1.82) is 0 Å². The number of hydrogen-bond acceptors (Lipinski definition) is 8. The highest BCUT2D eigenvalue weighted by Crippen LogP contribution is 2.44. The smallest absolute Gasteiger partial charge is 0.188 e. The summed E-state index contributed by atoms with van der Waals surface area (Å²) in [6.45, 7) is 12.8. The number of ether oxygens (including phenoxy) is 2. The van der Waals surface area contributed by atoms with Crippen molar-refractivity contribution in [3.63, 3.8) is 0 Å². The Morgan fingerprint density at radius 2 is 1.90 bits per heavy atom. The lowest BCUT2D eigenvalue weighted by molar-refractivity contribution is -0.151. The number of anilines is 1. The van der Waals surface area contributed by atoms with Crippen LogP contribution in [0.5, 0.6) is 17.2 Å². The van der Waals surface area contributed by atoms with Crippen LogP contribution in [-0.4, -0.2) is 55.2 Å². The van der Waals surface area contributed by atoms with E-state index in [0.717, 1.165) is 71.8 Å². The molecule has 9 nitrogen and oxygen atoms in total. The molecular formula is C30H35N5O4. The lowest BCUT2D eigenvalue weighted by Gasteiger charge is -2.38. The first kappa shape index (κ1) is 25.2. The first-order valence-electron chi connectivity index (χ1n) is 13.5. The molecule has 204 valence electrons. The van der Waals surface area contributed by atoms with Crippen LogP contribution in [0, 0.1) is 13.8 Å². The number of nitrogens with one attached hydrogen (secondary N) is 1. The topological polar surface area (TPSA) is 72.7 Å². The Hall–Kier alpha value is -4.11. The van der Waals surface area contributed by atoms with E-state index in [4.69, 9.17) is 24.4 Å². The monoisotopic (exact) mass is 529 g/mol. The van der Waals surface area contributed by atoms with Crippen molar-refractivity contribution in [2.24, 2.45) is 5.10 Å². The molecule has 1 atom stereocenters. The molecule has 0 bridgehead atoms. The van der Waals surface area contributed by atoms with Gasteiger partial charge < -0.3 is 24.3 Å². The number of methoxy groups -OCH3 is 1. The second-order valence-electron chi connectivity index (χ2n) is 9.91. The predicted octanol–water partition coefficient (Wildman–Crippen LogP) is 4.94. The van der Waals surface area contributed by atoms with Gasteiger partial charge in [0.25, 0.3) is 0 Å². The molecule has 3 aliphatic heterocycles. The van der Waals surface area contributed by atoms with Crippen LogP contribution in [0.4, 0.5) is 5.69 Å². The summed E-state index contributed by atoms with van der Waals surface area (Å²) in [5, 5.41) is 11.0. The molecule has 1 N–H and O–H groups in total. The summed E-state index contributed by atoms with van der Waals surface area (Å²) in [5.41, 5.74) is 7.64. The highest BCUT2D eigenvalue weighted by molar-refractivity contribution is 6.04. The van der Waals surface area contributed by atoms with Crippen molar-refractivity contribution in [3.8, 4) is 22.9 Å². The highest BCUT2D eigenvalue weighted by atomic mass is 17.2. The Labute approximate surface area is 229 Å². The molecule has 3 aromatic rings. The summed E-state index contributed by atoms with van der Waals surface area (Å²) in [4.78, 5) is 12.9. The molecule has 1 unspecified atom stereocenters. The molecule has 1 aromatic heterocycles. The molecule has 39 heavy (non-hydrogen) atoms. The van der Waals surface area contributed by atoms with Crippen LogP contribution < -0.4 is 24.7 Å². The molecule has 1 saturated heterocycles. The zero-order valence-corrected chi connectivity index (χ0v) is 23.2. The number of amidine groups is 1. The van der Waals surface area contributed by atoms with Crippen LogP contribution in [0.15, 0.2) is 47.8 Å². The number of nitrogens with zero attached hydrogens (tertiary/aromatic N) is 4. The van der Waals surface area contributed by atoms with Crippen LogP contribution in [-0.2, 0) is 4.89 Å². The van der Waals surface area contributed by atoms with E-state index in [9.17, 15) is 0 Å². The van der Waals surface area contributed by atoms with Gasteiger partial charge in [-0.15, -0.1) is 0 Å². The Morgan fingerprint density at radius 1 is 1.08 bits per heavy atom. The summed E-state index contributed by atoms with van der Waals surface area (Å²) in [5.74, 6) is 3.23. The third kappa shape index (κ3) is 4.17. The Kier molecular flexibility index (Phi) is 6.60. The quantitative estimate of drug-likeness (QED) is 0.469. The summed E-state index contributed by atoms with van der Waals surface area (Å²) < 4.78 is 13.9. The molecule has 0 saturated carbocycles. The molecule has 1 fully saturated rings. The third-order valence-corrected chi connectivity index (χ3v) is 7.74. The fourth-order valence-electron chi connectivity index (χ4n) is 5.98. The van der Waals surface area contributed by atoms with Crippen molar-refractivity contribution in [3.05, 3.63) is 70.7 Å². The van der Waals surface area contributed by atoms with Gasteiger partial charge in [-0.2, -0.15) is 5.10 Å². The average molecular weight is 530 g/mol. The number of hydrazone groups is 1. The maximum atomic E-state index is 5.86. The SMILES string of the molecule is CCOc1ccc(-n2c(C)c3c(c2C)C(C)N(c2cccc4c2C=COO4)N=C3N2CCNCC2)c(OC)c1. The fraction of sp³-hybridized carbons (Fsp3) is 0.367. The molecule has 0 amide bonds. The van der Waals surface area contributed by atoms with Gasteiger partial charge in [0.1, 0.15) is 17.8 Å². The van der Waals surface area contributed by atoms with Crippen LogP contribution in [0.25, 0.3) is 11.8 Å². The van der Waals surface area contributed by atoms with E-state index in [1.807, 2.05) is 37.3 Å². The van der Waals surface area contributed by atoms with Gasteiger partial charge in [-0.05, 0) is 58.0 Å². The molecule has 0 aliphatic carbocycles. The number of benzene rings is 2. The number of fused-ring (bicyclic) bond motifs is 2. The molecular weight excluding hydrogens is 494 g/mol. The van der Waals surface area contributed by atoms with Crippen molar-refractivity contribution >= 4 is 17.6 Å². The van der Waals surface area contributed by atoms with Gasteiger partial charge in [-0.25, -0.2) is 0 Å². The minimum absolute atomic E-state index is 0.0250. The normalized spacial score (nSPS) is 18.1. The van der Waals surface area contributed by atoms with Crippen LogP contribution in [0.2, 0.25) is 0 Å². The Morgan fingerprint density at radius 3 is 2.67 bits per heavy atom. The Bertz CT molecular complexity index is 1450. The van der Waals surface area contributed by atoms with E-state index in [0.29, 0.717) is 12.4 Å². The molecule has 6 rings (SSSR count). The van der Waals surface area contributed by atoms with Gasteiger partial charge in [0.05, 0.1) is 36.7 Å². The van der Waals surface area contributed by atoms with Crippen molar-refractivity contribution in [2.45, 2.75) is 33.7 Å². The molecule has 0 spiro atoms. The van der Waals surface area contributed by atoms with Gasteiger partial charge in [-0.1, -0.05) is 6.07 Å². The lowest BCUT2D eigenvalue weighted by atomic mass is 9.97. The fourth-order valence-corrected chi connectivity index (χ4v) is 5.98. The minimum atomic E-state index is -0.0250. The van der Waals surface area contributed by atoms with E-state index >= 15 is 0 Å². The number of rotatable bonds is 5. The van der Waals surface area contributed by atoms with Crippen molar-refractivity contribution in [2.75, 3.05) is 44.9 Å². The second-order valence-corrected chi connectivity index (χ2v) is 9.91. The second kappa shape index (κ2) is 10.2. The maximum absolute atomic E-state index is 5.86. The minimum Gasteiger partial charge on any atom is -0.494 e. The number of hydrogen-bond donors (Lipinski definition) is 1. The number of aromatic nitrogens is 1. The van der Waals surface area contributed by atoms with Crippen LogP contribution in [0.1, 0.15) is 48.0 Å². The van der Waals surface area contributed by atoms with Crippen molar-refractivity contribution < 1.29 is 19.2 Å². The summed E-state index contributed by atoms with van der Waals surface area (Å²) in [7, 11) is 1.71. The van der Waals surface area contributed by atoms with E-state index in [1.165, 1.54) is 11.1 Å². The third-order valence-electron chi connectivity index (χ3n) is 7.74. The standard InChI is InChI=1S/C30H35N5O4/c1-6-37-22-10-11-25(27(18-22)36-5)34-19(2)28-21(4)35(24-8-7-9-26-23(24)12-17-38-39-26)32-30(29(28)20(34)3)33-15-13-31-14-16-33/h7-12,17-18,21,31H,6,13-16H2,1-5H3. The Balaban J connectivity index is 1.54. The summed E-state index contributed by atoms with van der Waals surface area (Å²) in [6.07, 6.45) is 3.50. The summed E-state index contributed by atoms with van der Waals surface area (Å²) in [6, 6.07) is 12.0. The largest absolute Gasteiger partial charge is 0.494 e. The van der Waals surface area contributed by atoms with Crippen LogP contribution >= 0.6 is 0 Å². The van der Waals surface area contributed by atoms with E-state index in [1.54, 1.807) is 13.4 Å². The van der Waals surface area contributed by atoms with E-state index < -0.39 is 0 Å². The average Bonchev–Trinajstić information content (AvgIpc) is 3.23. The lowest BCUT2D eigenvalue weighted by Crippen LogP contribution is -2.49. The first-order valence-corrected chi connectivity index (χ1v) is 13.5. The maximum Gasteiger partial charge on any atom is 0.188 e. The van der Waals surface area contributed by atoms with Gasteiger partial charge in [0.15, 0.2) is 11.6 Å². The number of piperazine rings is 1. The molecule has 9 heteroatoms. The highest BCUT2D eigenvalue weighted by Gasteiger charge is 2.37. The molecule has 4 heterocycles. The van der Waals surface area contributed by atoms with E-state index in [-0.39, 0.29) is 6.04 Å². The van der Waals surface area contributed by atoms with E-state index in [2.05, 4.69) is 52.7 Å². The van der Waals surface area contributed by atoms with Gasteiger partial charge in [0.2, 0.25) is 0 Å².